The number of nitrogens with one attached hydrogen (secondary N) is 1. The molecule has 0 spiro atoms. The number of aryl methyl sites for hydroxylation is 1. The molecule has 27 heavy (non-hydrogen) atoms. The summed E-state index contributed by atoms with van der Waals surface area (Å²) in [6.07, 6.45) is 0. The maximum atomic E-state index is 12.2. The smallest absolute Gasteiger partial charge is 0.234 e. The van der Waals surface area contributed by atoms with Gasteiger partial charge in [-0.2, -0.15) is 0 Å². The Morgan fingerprint density at radius 3 is 2.74 bits per heavy atom. The molecule has 0 aliphatic rings. The molecule has 0 radical (unpaired) electrons. The number of nitrogens with zero attached hydrogens (tertiary/aromatic N) is 3. The second-order valence-electron chi connectivity index (χ2n) is 5.86. The van der Waals surface area contributed by atoms with Crippen molar-refractivity contribution in [3.05, 3.63) is 63.5 Å². The van der Waals surface area contributed by atoms with E-state index in [1.807, 2.05) is 67.1 Å². The summed E-state index contributed by atoms with van der Waals surface area (Å²) in [5.41, 5.74) is 1.87. The van der Waals surface area contributed by atoms with E-state index in [4.69, 9.17) is 4.74 Å². The predicted molar refractivity (Wildman–Crippen MR) is 115 cm³/mol. The normalized spacial score (nSPS) is 10.6. The number of para-hydroxylation sites is 1. The Bertz CT molecular complexity index is 931. The van der Waals surface area contributed by atoms with Crippen LogP contribution in [0.5, 0.6) is 5.75 Å². The van der Waals surface area contributed by atoms with Crippen LogP contribution in [0.4, 0.5) is 5.69 Å². The second kappa shape index (κ2) is 9.23. The maximum absolute atomic E-state index is 12.2. The number of anilines is 1. The number of aromatic nitrogens is 3. The summed E-state index contributed by atoms with van der Waals surface area (Å²) in [5.74, 6) is 1.67. The van der Waals surface area contributed by atoms with Gasteiger partial charge in [-0.15, -0.1) is 10.2 Å². The third-order valence-corrected chi connectivity index (χ3v) is 5.52. The molecule has 140 valence electrons. The lowest BCUT2D eigenvalue weighted by Gasteiger charge is -2.09. The van der Waals surface area contributed by atoms with Crippen LogP contribution >= 0.6 is 34.4 Å². The fourth-order valence-corrected chi connectivity index (χ4v) is 3.72. The zero-order chi connectivity index (χ0) is 19.2. The first-order chi connectivity index (χ1) is 13.0. The molecule has 3 rings (SSSR count). The van der Waals surface area contributed by atoms with Crippen molar-refractivity contribution < 1.29 is 9.53 Å². The fraction of sp³-hybridized carbons (Fsp3) is 0.211. The first kappa shape index (κ1) is 19.7. The van der Waals surface area contributed by atoms with Crippen LogP contribution in [0.25, 0.3) is 0 Å². The minimum absolute atomic E-state index is 0.0746. The Hall–Kier alpha value is -2.07. The lowest BCUT2D eigenvalue weighted by Crippen LogP contribution is -2.15. The zero-order valence-electron chi connectivity index (χ0n) is 15.0. The largest absolute Gasteiger partial charge is 0.486 e. The summed E-state index contributed by atoms with van der Waals surface area (Å²) in [5, 5.41) is 11.9. The van der Waals surface area contributed by atoms with E-state index in [2.05, 4.69) is 38.1 Å². The van der Waals surface area contributed by atoms with Gasteiger partial charge in [0.15, 0.2) is 11.0 Å². The average Bonchev–Trinajstić information content (AvgIpc) is 3.01. The summed E-state index contributed by atoms with van der Waals surface area (Å²) >= 11 is 3.60. The van der Waals surface area contributed by atoms with Gasteiger partial charge in [0.05, 0.1) is 5.75 Å². The minimum Gasteiger partial charge on any atom is -0.486 e. The van der Waals surface area contributed by atoms with E-state index in [9.17, 15) is 4.79 Å². The fourth-order valence-electron chi connectivity index (χ4n) is 2.34. The van der Waals surface area contributed by atoms with Crippen LogP contribution in [0, 0.1) is 10.5 Å². The molecule has 1 N–H and O–H groups in total. The Labute approximate surface area is 175 Å². The molecule has 3 aromatic rings. The van der Waals surface area contributed by atoms with Crippen molar-refractivity contribution in [1.82, 2.24) is 14.8 Å². The van der Waals surface area contributed by atoms with Crippen molar-refractivity contribution in [2.75, 3.05) is 11.1 Å². The standard InChI is InChI=1S/C19H19IN4O2S/c1-13-10-14(20)8-9-16(13)21-18(25)12-27-19-23-22-17(24(19)2)11-26-15-6-4-3-5-7-15/h3-10H,11-12H2,1-2H3,(H,21,25). The monoisotopic (exact) mass is 494 g/mol. The molecule has 0 atom stereocenters. The van der Waals surface area contributed by atoms with Crippen molar-refractivity contribution in [2.45, 2.75) is 18.7 Å². The molecule has 0 fully saturated rings. The SMILES string of the molecule is Cc1cc(I)ccc1NC(=O)CSc1nnc(COc2ccccc2)n1C. The van der Waals surface area contributed by atoms with Crippen LogP contribution in [0.3, 0.4) is 0 Å². The molecular formula is C19H19IN4O2S. The molecule has 0 bridgehead atoms. The number of ether oxygens (including phenoxy) is 1. The van der Waals surface area contributed by atoms with Gasteiger partial charge in [-0.3, -0.25) is 4.79 Å². The summed E-state index contributed by atoms with van der Waals surface area (Å²) < 4.78 is 8.69. The van der Waals surface area contributed by atoms with Crippen LogP contribution in [0.15, 0.2) is 53.7 Å². The molecule has 1 amide bonds. The molecule has 0 saturated heterocycles. The van der Waals surface area contributed by atoms with Gasteiger partial charge in [0.2, 0.25) is 5.91 Å². The number of hydrogen-bond donors (Lipinski definition) is 1. The van der Waals surface area contributed by atoms with Crippen molar-refractivity contribution >= 4 is 45.9 Å². The average molecular weight is 494 g/mol. The highest BCUT2D eigenvalue weighted by atomic mass is 127. The first-order valence-electron chi connectivity index (χ1n) is 8.28. The number of carbonyl (C=O) groups is 1. The van der Waals surface area contributed by atoms with Gasteiger partial charge in [-0.1, -0.05) is 30.0 Å². The van der Waals surface area contributed by atoms with Crippen molar-refractivity contribution in [1.29, 1.82) is 0 Å². The van der Waals surface area contributed by atoms with Crippen molar-refractivity contribution in [3.63, 3.8) is 0 Å². The molecule has 0 aliphatic carbocycles. The van der Waals surface area contributed by atoms with Gasteiger partial charge in [0.25, 0.3) is 0 Å². The molecule has 0 aliphatic heterocycles. The lowest BCUT2D eigenvalue weighted by atomic mass is 10.2. The van der Waals surface area contributed by atoms with Gasteiger partial charge in [-0.05, 0) is 65.4 Å². The van der Waals surface area contributed by atoms with E-state index in [1.54, 1.807) is 0 Å². The molecule has 0 saturated carbocycles. The molecule has 6 nitrogen and oxygen atoms in total. The van der Waals surface area contributed by atoms with Gasteiger partial charge >= 0.3 is 0 Å². The van der Waals surface area contributed by atoms with Crippen LogP contribution in [-0.2, 0) is 18.4 Å². The summed E-state index contributed by atoms with van der Waals surface area (Å²) in [6.45, 7) is 2.30. The number of hydrogen-bond acceptors (Lipinski definition) is 5. The number of thioether (sulfide) groups is 1. The maximum Gasteiger partial charge on any atom is 0.234 e. The zero-order valence-corrected chi connectivity index (χ0v) is 18.0. The van der Waals surface area contributed by atoms with Gasteiger partial charge in [-0.25, -0.2) is 0 Å². The Kier molecular flexibility index (Phi) is 6.73. The highest BCUT2D eigenvalue weighted by Gasteiger charge is 2.12. The Morgan fingerprint density at radius 2 is 2.00 bits per heavy atom. The van der Waals surface area contributed by atoms with Crippen molar-refractivity contribution in [3.8, 4) is 5.75 Å². The quantitative estimate of drug-likeness (QED) is 0.397. The molecule has 0 unspecified atom stereocenters. The second-order valence-corrected chi connectivity index (χ2v) is 8.04. The van der Waals surface area contributed by atoms with E-state index in [1.165, 1.54) is 11.8 Å². The minimum atomic E-state index is -0.0746. The number of rotatable bonds is 7. The van der Waals surface area contributed by atoms with Crippen LogP contribution < -0.4 is 10.1 Å². The van der Waals surface area contributed by atoms with Gasteiger partial charge < -0.3 is 14.6 Å². The highest BCUT2D eigenvalue weighted by molar-refractivity contribution is 14.1. The number of carbonyl (C=O) groups excluding carboxylic acids is 1. The number of amides is 1. The van der Waals surface area contributed by atoms with Crippen LogP contribution in [0.2, 0.25) is 0 Å². The van der Waals surface area contributed by atoms with Gasteiger partial charge in [0.1, 0.15) is 12.4 Å². The topological polar surface area (TPSA) is 69.0 Å². The van der Waals surface area contributed by atoms with E-state index < -0.39 is 0 Å². The van der Waals surface area contributed by atoms with Crippen molar-refractivity contribution in [2.24, 2.45) is 7.05 Å². The first-order valence-corrected chi connectivity index (χ1v) is 10.3. The van der Waals surface area contributed by atoms with E-state index >= 15 is 0 Å². The number of benzene rings is 2. The summed E-state index contributed by atoms with van der Waals surface area (Å²) in [6, 6.07) is 15.5. The molecule has 1 heterocycles. The summed E-state index contributed by atoms with van der Waals surface area (Å²) in [7, 11) is 1.87. The lowest BCUT2D eigenvalue weighted by molar-refractivity contribution is -0.113. The van der Waals surface area contributed by atoms with Crippen LogP contribution in [0.1, 0.15) is 11.4 Å². The van der Waals surface area contributed by atoms with E-state index in [0.29, 0.717) is 17.6 Å². The van der Waals surface area contributed by atoms with Gasteiger partial charge in [0, 0.05) is 16.3 Å². The third-order valence-electron chi connectivity index (χ3n) is 3.83. The molecule has 8 heteroatoms. The summed E-state index contributed by atoms with van der Waals surface area (Å²) in [4.78, 5) is 12.2. The number of halogens is 1. The van der Waals surface area contributed by atoms with Crippen LogP contribution in [-0.4, -0.2) is 26.4 Å². The highest BCUT2D eigenvalue weighted by Crippen LogP contribution is 2.20. The third kappa shape index (κ3) is 5.46. The molecule has 2 aromatic carbocycles. The molecular weight excluding hydrogens is 475 g/mol. The molecule has 1 aromatic heterocycles. The van der Waals surface area contributed by atoms with E-state index in [0.717, 1.165) is 20.6 Å². The van der Waals surface area contributed by atoms with E-state index in [-0.39, 0.29) is 11.7 Å². The Balaban J connectivity index is 1.53. The Morgan fingerprint density at radius 1 is 1.22 bits per heavy atom. The predicted octanol–water partition coefficient (Wildman–Crippen LogP) is 4.04.